The predicted octanol–water partition coefficient (Wildman–Crippen LogP) is 14.8. The van der Waals surface area contributed by atoms with Gasteiger partial charge in [-0.25, -0.2) is 0 Å². The van der Waals surface area contributed by atoms with Crippen molar-refractivity contribution in [1.82, 2.24) is 0 Å². The lowest BCUT2D eigenvalue weighted by Crippen LogP contribution is -1.85. The molecule has 0 aromatic carbocycles. The van der Waals surface area contributed by atoms with E-state index in [4.69, 9.17) is 0 Å². The number of rotatable bonds is 0. The highest BCUT2D eigenvalue weighted by atomic mass is 14.2. The molecule has 5 rings (SSSR count). The molecular formula is C34H82. The fraction of sp³-hybridized carbons (Fsp3) is 1.00. The molecule has 5 aliphatic rings. The van der Waals surface area contributed by atoms with Crippen LogP contribution in [-0.2, 0) is 0 Å². The van der Waals surface area contributed by atoms with Crippen molar-refractivity contribution >= 4 is 0 Å². The Kier molecular flexibility index (Phi) is 114. The van der Waals surface area contributed by atoms with Crippen LogP contribution in [0.2, 0.25) is 0 Å². The zero-order valence-corrected chi connectivity index (χ0v) is 28.3. The summed E-state index contributed by atoms with van der Waals surface area (Å²) in [6.07, 6.45) is 27.0. The van der Waals surface area contributed by atoms with Crippen LogP contribution in [0.1, 0.15) is 219 Å². The molecule has 0 N–H and O–H groups in total. The Labute approximate surface area is 225 Å². The van der Waals surface area contributed by atoms with E-state index < -0.39 is 0 Å². The fourth-order valence-corrected chi connectivity index (χ4v) is 1.17. The molecule has 0 aromatic rings. The standard InChI is InChI=1S/5C4H8.7C2H6/c1-4-2-3-4;4*1-2-4-3-1;7*1-2/h4H,2-3H2,1H3;4*1-4H2;7*1-2H3. The molecule has 0 amide bonds. The number of hydrogen-bond donors (Lipinski definition) is 0. The zero-order valence-electron chi connectivity index (χ0n) is 28.3. The van der Waals surface area contributed by atoms with Crippen molar-refractivity contribution in [2.24, 2.45) is 5.92 Å². The molecule has 0 nitrogen and oxygen atoms in total. The normalized spacial score (nSPS) is 15.6. The third kappa shape index (κ3) is 85.2. The highest BCUT2D eigenvalue weighted by Crippen LogP contribution is 2.26. The first-order chi connectivity index (χ1) is 16.9. The summed E-state index contributed by atoms with van der Waals surface area (Å²) in [5, 5.41) is 0. The highest BCUT2D eigenvalue weighted by molar-refractivity contribution is 4.65. The first-order valence-corrected chi connectivity index (χ1v) is 16.9. The molecular weight excluding hydrogens is 408 g/mol. The van der Waals surface area contributed by atoms with E-state index in [-0.39, 0.29) is 0 Å². The third-order valence-electron chi connectivity index (χ3n) is 4.87. The van der Waals surface area contributed by atoms with Crippen LogP contribution >= 0.6 is 0 Å². The van der Waals surface area contributed by atoms with Gasteiger partial charge in [-0.3, -0.25) is 0 Å². The van der Waals surface area contributed by atoms with Gasteiger partial charge in [0, 0.05) is 0 Å². The summed E-state index contributed by atoms with van der Waals surface area (Å²) in [7, 11) is 0. The van der Waals surface area contributed by atoms with E-state index in [1.165, 1.54) is 116 Å². The molecule has 0 heterocycles. The van der Waals surface area contributed by atoms with Gasteiger partial charge in [-0.2, -0.15) is 0 Å². The van der Waals surface area contributed by atoms with Crippen LogP contribution in [0.15, 0.2) is 0 Å². The molecule has 0 aliphatic heterocycles. The molecule has 0 unspecified atom stereocenters. The van der Waals surface area contributed by atoms with Crippen LogP contribution < -0.4 is 0 Å². The zero-order chi connectivity index (χ0) is 28.3. The van der Waals surface area contributed by atoms with Crippen LogP contribution in [0.3, 0.4) is 0 Å². The van der Waals surface area contributed by atoms with Gasteiger partial charge in [0.25, 0.3) is 0 Å². The molecule has 0 bridgehead atoms. The van der Waals surface area contributed by atoms with Crippen molar-refractivity contribution in [3.05, 3.63) is 0 Å². The molecule has 34 heavy (non-hydrogen) atoms. The molecule has 0 atom stereocenters. The first kappa shape index (κ1) is 50.8. The topological polar surface area (TPSA) is 0 Å². The maximum Gasteiger partial charge on any atom is -0.0443 e. The minimum Gasteiger partial charge on any atom is -0.0683 e. The average molecular weight is 491 g/mol. The maximum absolute atomic E-state index is 2.28. The van der Waals surface area contributed by atoms with E-state index in [9.17, 15) is 0 Å². The summed E-state index contributed by atoms with van der Waals surface area (Å²) in [6.45, 7) is 30.3. The van der Waals surface area contributed by atoms with Gasteiger partial charge in [0.15, 0.2) is 0 Å². The van der Waals surface area contributed by atoms with E-state index >= 15 is 0 Å². The van der Waals surface area contributed by atoms with Gasteiger partial charge >= 0.3 is 0 Å². The molecule has 0 radical (unpaired) electrons. The largest absolute Gasteiger partial charge is 0.0683 e. The second kappa shape index (κ2) is 76.6. The molecule has 5 aliphatic carbocycles. The molecule has 5 fully saturated rings. The lowest BCUT2D eigenvalue weighted by molar-refractivity contribution is 0.504. The van der Waals surface area contributed by atoms with Crippen LogP contribution in [0.4, 0.5) is 0 Å². The van der Waals surface area contributed by atoms with E-state index in [1.807, 2.05) is 96.9 Å². The van der Waals surface area contributed by atoms with E-state index in [0.29, 0.717) is 0 Å². The SMILES string of the molecule is C1CCC1.C1CCC1.C1CCC1.C1CCC1.CC.CC.CC.CC.CC.CC.CC.CC1CC1. The van der Waals surface area contributed by atoms with Crippen molar-refractivity contribution in [1.29, 1.82) is 0 Å². The Morgan fingerprint density at radius 1 is 0.235 bits per heavy atom. The Balaban J connectivity index is -0.0000000478. The fourth-order valence-electron chi connectivity index (χ4n) is 1.17. The molecule has 0 heteroatoms. The van der Waals surface area contributed by atoms with Crippen molar-refractivity contribution in [2.45, 2.75) is 219 Å². The average Bonchev–Trinajstić information content (AvgIpc) is 3.56. The van der Waals surface area contributed by atoms with Crippen LogP contribution in [0.5, 0.6) is 0 Å². The van der Waals surface area contributed by atoms with Crippen LogP contribution in [0, 0.1) is 5.92 Å². The van der Waals surface area contributed by atoms with Gasteiger partial charge in [-0.05, 0) is 5.92 Å². The smallest absolute Gasteiger partial charge is 0.0443 e. The summed E-state index contributed by atoms with van der Waals surface area (Å²) in [5.41, 5.74) is 0. The molecule has 218 valence electrons. The molecule has 5 saturated carbocycles. The van der Waals surface area contributed by atoms with Crippen LogP contribution in [0.25, 0.3) is 0 Å². The van der Waals surface area contributed by atoms with E-state index in [2.05, 4.69) is 6.92 Å². The predicted molar refractivity (Wildman–Crippen MR) is 172 cm³/mol. The Hall–Kier alpha value is 0. The second-order valence-corrected chi connectivity index (χ2v) is 7.34. The number of hydrogen-bond acceptors (Lipinski definition) is 0. The molecule has 0 spiro atoms. The van der Waals surface area contributed by atoms with Gasteiger partial charge in [0.05, 0.1) is 0 Å². The first-order valence-electron chi connectivity index (χ1n) is 16.9. The summed E-state index contributed by atoms with van der Waals surface area (Å²) < 4.78 is 0. The second-order valence-electron chi connectivity index (χ2n) is 7.34. The van der Waals surface area contributed by atoms with Crippen LogP contribution in [-0.4, -0.2) is 0 Å². The van der Waals surface area contributed by atoms with Gasteiger partial charge in [-0.15, -0.1) is 0 Å². The van der Waals surface area contributed by atoms with E-state index in [0.717, 1.165) is 5.92 Å². The highest BCUT2D eigenvalue weighted by Gasteiger charge is 2.12. The summed E-state index contributed by atoms with van der Waals surface area (Å²) in [5.74, 6) is 1.08. The Morgan fingerprint density at radius 3 is 0.294 bits per heavy atom. The van der Waals surface area contributed by atoms with Gasteiger partial charge in [-0.1, -0.05) is 219 Å². The minimum atomic E-state index is 1.08. The Morgan fingerprint density at radius 2 is 0.294 bits per heavy atom. The lowest BCUT2D eigenvalue weighted by Gasteiger charge is -2.05. The van der Waals surface area contributed by atoms with Crippen molar-refractivity contribution in [3.8, 4) is 0 Å². The summed E-state index contributed by atoms with van der Waals surface area (Å²) in [6, 6.07) is 0. The van der Waals surface area contributed by atoms with Crippen molar-refractivity contribution < 1.29 is 0 Å². The van der Waals surface area contributed by atoms with Gasteiger partial charge < -0.3 is 0 Å². The van der Waals surface area contributed by atoms with E-state index in [1.54, 1.807) is 0 Å². The van der Waals surface area contributed by atoms with Gasteiger partial charge in [0.2, 0.25) is 0 Å². The lowest BCUT2D eigenvalue weighted by atomic mass is 10.0. The Bertz CT molecular complexity index is 116. The van der Waals surface area contributed by atoms with Crippen molar-refractivity contribution in [2.75, 3.05) is 0 Å². The maximum atomic E-state index is 2.28. The minimum absolute atomic E-state index is 1.08. The summed E-state index contributed by atoms with van der Waals surface area (Å²) >= 11 is 0. The monoisotopic (exact) mass is 491 g/mol. The third-order valence-corrected chi connectivity index (χ3v) is 4.87. The summed E-state index contributed by atoms with van der Waals surface area (Å²) in [4.78, 5) is 0. The van der Waals surface area contributed by atoms with Gasteiger partial charge in [0.1, 0.15) is 0 Å². The molecule has 0 saturated heterocycles. The quantitative estimate of drug-likeness (QED) is 0.316. The molecule has 0 aromatic heterocycles. The van der Waals surface area contributed by atoms with Crippen molar-refractivity contribution in [3.63, 3.8) is 0 Å².